The van der Waals surface area contributed by atoms with Gasteiger partial charge in [0.25, 0.3) is 0 Å². The van der Waals surface area contributed by atoms with Gasteiger partial charge in [-0.15, -0.1) is 12.4 Å². The summed E-state index contributed by atoms with van der Waals surface area (Å²) in [5, 5.41) is 8.40. The van der Waals surface area contributed by atoms with Crippen LogP contribution in [-0.4, -0.2) is 64.4 Å². The van der Waals surface area contributed by atoms with Crippen molar-refractivity contribution in [3.63, 3.8) is 0 Å². The maximum atomic E-state index is 13.9. The van der Waals surface area contributed by atoms with Crippen molar-refractivity contribution in [2.75, 3.05) is 26.2 Å². The van der Waals surface area contributed by atoms with Crippen molar-refractivity contribution in [3.8, 4) is 0 Å². The van der Waals surface area contributed by atoms with Crippen molar-refractivity contribution in [1.29, 1.82) is 0 Å². The summed E-state index contributed by atoms with van der Waals surface area (Å²) in [5.74, 6) is -0.121. The monoisotopic (exact) mass is 591 g/mol. The van der Waals surface area contributed by atoms with Crippen molar-refractivity contribution in [1.82, 2.24) is 24.7 Å². The summed E-state index contributed by atoms with van der Waals surface area (Å²) in [6, 6.07) is 21.3. The molecular weight excluding hydrogens is 554 g/mol. The Balaban J connectivity index is 0.00000353. The van der Waals surface area contributed by atoms with Crippen molar-refractivity contribution < 1.29 is 14.3 Å². The van der Waals surface area contributed by atoms with Gasteiger partial charge < -0.3 is 20.3 Å². The molecule has 2 N–H and O–H groups in total. The van der Waals surface area contributed by atoms with E-state index in [0.29, 0.717) is 32.4 Å². The van der Waals surface area contributed by atoms with Gasteiger partial charge in [-0.2, -0.15) is 0 Å². The highest BCUT2D eigenvalue weighted by atomic mass is 35.5. The fraction of sp³-hybridized carbons (Fsp3) is 0.406. The van der Waals surface area contributed by atoms with Crippen LogP contribution in [0.15, 0.2) is 71.5 Å². The summed E-state index contributed by atoms with van der Waals surface area (Å²) in [4.78, 5) is 41.7. The summed E-state index contributed by atoms with van der Waals surface area (Å²) in [7, 11) is 1.80. The Labute approximate surface area is 251 Å². The molecule has 2 saturated heterocycles. The molecule has 3 heterocycles. The van der Waals surface area contributed by atoms with Gasteiger partial charge in [-0.3, -0.25) is 13.9 Å². The number of likely N-dealkylation sites (tertiary alicyclic amines) is 1. The van der Waals surface area contributed by atoms with E-state index in [1.54, 1.807) is 11.6 Å². The third kappa shape index (κ3) is 6.17. The van der Waals surface area contributed by atoms with E-state index in [4.69, 9.17) is 4.74 Å². The highest BCUT2D eigenvalue weighted by molar-refractivity contribution is 5.87. The maximum Gasteiger partial charge on any atom is 0.408 e. The lowest BCUT2D eigenvalue weighted by molar-refractivity contribution is -0.134. The predicted molar refractivity (Wildman–Crippen MR) is 166 cm³/mol. The minimum Gasteiger partial charge on any atom is -0.446 e. The Kier molecular flexibility index (Phi) is 9.18. The molecule has 3 aromatic carbocycles. The number of nitrogens with zero attached hydrogens (tertiary/aromatic N) is 3. The standard InChI is InChI=1S/C32H37N5O4.ClH/c1-35-28-8-4-5-9-29(28)37(32(35)40)25-14-18-36(19-15-25)30(38)27(34-31(39)41-26-12-16-33-17-13-26)21-22-10-11-23-6-2-3-7-24(23)20-22;/h2-11,20,25-27,33H,12-19,21H2,1H3,(H,34,39);1H/t27-;/m1./s1. The molecule has 0 unspecified atom stereocenters. The number of carbonyl (C=O) groups is 2. The number of imidazole rings is 1. The van der Waals surface area contributed by atoms with Crippen LogP contribution in [0, 0.1) is 0 Å². The average Bonchev–Trinajstić information content (AvgIpc) is 3.26. The van der Waals surface area contributed by atoms with E-state index in [-0.39, 0.29) is 36.1 Å². The number of nitrogens with one attached hydrogen (secondary N) is 2. The molecule has 0 saturated carbocycles. The maximum absolute atomic E-state index is 13.9. The molecule has 0 radical (unpaired) electrons. The van der Waals surface area contributed by atoms with Crippen molar-refractivity contribution in [2.24, 2.45) is 7.05 Å². The third-order valence-electron chi connectivity index (χ3n) is 8.54. The lowest BCUT2D eigenvalue weighted by atomic mass is 9.99. The Morgan fingerprint density at radius 3 is 2.33 bits per heavy atom. The Morgan fingerprint density at radius 2 is 1.60 bits per heavy atom. The number of hydrogen-bond acceptors (Lipinski definition) is 5. The van der Waals surface area contributed by atoms with Crippen molar-refractivity contribution >= 4 is 46.2 Å². The molecular formula is C32H38ClN5O4. The first kappa shape index (κ1) is 29.7. The van der Waals surface area contributed by atoms with Crippen LogP contribution in [0.5, 0.6) is 0 Å². The first-order chi connectivity index (χ1) is 20.0. The van der Waals surface area contributed by atoms with Gasteiger partial charge in [-0.25, -0.2) is 9.59 Å². The van der Waals surface area contributed by atoms with Gasteiger partial charge in [0.15, 0.2) is 0 Å². The van der Waals surface area contributed by atoms with E-state index in [1.807, 2.05) is 58.0 Å². The smallest absolute Gasteiger partial charge is 0.408 e. The minimum atomic E-state index is -0.748. The molecule has 4 aromatic rings. The molecule has 0 spiro atoms. The quantitative estimate of drug-likeness (QED) is 0.351. The lowest BCUT2D eigenvalue weighted by Gasteiger charge is -2.35. The van der Waals surface area contributed by atoms with Crippen LogP contribution >= 0.6 is 12.4 Å². The van der Waals surface area contributed by atoms with Gasteiger partial charge in [0.05, 0.1) is 11.0 Å². The summed E-state index contributed by atoms with van der Waals surface area (Å²) >= 11 is 0. The number of piperidine rings is 2. The average molecular weight is 592 g/mol. The van der Waals surface area contributed by atoms with Crippen LogP contribution in [0.3, 0.4) is 0 Å². The van der Waals surface area contributed by atoms with Crippen molar-refractivity contribution in [3.05, 3.63) is 82.8 Å². The second-order valence-corrected chi connectivity index (χ2v) is 11.2. The number of hydrogen-bond donors (Lipinski definition) is 2. The number of carbonyl (C=O) groups excluding carboxylic acids is 2. The van der Waals surface area contributed by atoms with Crippen LogP contribution in [-0.2, 0) is 23.0 Å². The van der Waals surface area contributed by atoms with E-state index in [9.17, 15) is 14.4 Å². The Hall–Kier alpha value is -3.82. The SMILES string of the molecule is Cl.Cn1c(=O)n(C2CCN(C(=O)[C@@H](Cc3ccc4ccccc4c3)NC(=O)OC3CCNCC3)CC2)c2ccccc21. The minimum absolute atomic E-state index is 0. The van der Waals surface area contributed by atoms with Gasteiger partial charge in [0, 0.05) is 32.6 Å². The topological polar surface area (TPSA) is 97.6 Å². The number of halogens is 1. The summed E-state index contributed by atoms with van der Waals surface area (Å²) in [5.41, 5.74) is 2.76. The van der Waals surface area contributed by atoms with E-state index < -0.39 is 12.1 Å². The van der Waals surface area contributed by atoms with Gasteiger partial charge in [-0.05, 0) is 67.2 Å². The molecule has 2 aliphatic rings. The number of benzene rings is 3. The molecule has 42 heavy (non-hydrogen) atoms. The zero-order chi connectivity index (χ0) is 28.3. The fourth-order valence-electron chi connectivity index (χ4n) is 6.28. The van der Waals surface area contributed by atoms with E-state index in [1.165, 1.54) is 0 Å². The number of aromatic nitrogens is 2. The van der Waals surface area contributed by atoms with E-state index in [2.05, 4.69) is 28.8 Å². The molecule has 0 bridgehead atoms. The van der Waals surface area contributed by atoms with Gasteiger partial charge in [0.2, 0.25) is 5.91 Å². The molecule has 2 amide bonds. The van der Waals surface area contributed by atoms with Gasteiger partial charge in [-0.1, -0.05) is 54.6 Å². The Morgan fingerprint density at radius 1 is 0.929 bits per heavy atom. The van der Waals surface area contributed by atoms with Crippen LogP contribution in [0.2, 0.25) is 0 Å². The summed E-state index contributed by atoms with van der Waals surface area (Å²) < 4.78 is 9.26. The molecule has 2 aliphatic heterocycles. The zero-order valence-corrected chi connectivity index (χ0v) is 24.6. The van der Waals surface area contributed by atoms with E-state index in [0.717, 1.165) is 53.3 Å². The first-order valence-electron chi connectivity index (χ1n) is 14.6. The van der Waals surface area contributed by atoms with E-state index >= 15 is 0 Å². The molecule has 6 rings (SSSR count). The number of amides is 2. The molecule has 222 valence electrons. The molecule has 0 aliphatic carbocycles. The Bertz CT molecular complexity index is 1620. The highest BCUT2D eigenvalue weighted by Gasteiger charge is 2.32. The van der Waals surface area contributed by atoms with Crippen LogP contribution in [0.4, 0.5) is 4.79 Å². The molecule has 2 fully saturated rings. The molecule has 9 nitrogen and oxygen atoms in total. The third-order valence-corrected chi connectivity index (χ3v) is 8.54. The first-order valence-corrected chi connectivity index (χ1v) is 14.6. The highest BCUT2D eigenvalue weighted by Crippen LogP contribution is 2.26. The largest absolute Gasteiger partial charge is 0.446 e. The number of para-hydroxylation sites is 2. The summed E-state index contributed by atoms with van der Waals surface area (Å²) in [6.07, 6.45) is 2.53. The molecule has 10 heteroatoms. The number of rotatable bonds is 6. The number of ether oxygens (including phenoxy) is 1. The fourth-order valence-corrected chi connectivity index (χ4v) is 6.28. The number of aryl methyl sites for hydroxylation is 1. The van der Waals surface area contributed by atoms with Gasteiger partial charge >= 0.3 is 11.8 Å². The predicted octanol–water partition coefficient (Wildman–Crippen LogP) is 4.17. The normalized spacial score (nSPS) is 17.1. The lowest BCUT2D eigenvalue weighted by Crippen LogP contribution is -2.52. The molecule has 1 aromatic heterocycles. The molecule has 1 atom stereocenters. The van der Waals surface area contributed by atoms with Crippen molar-refractivity contribution in [2.45, 2.75) is 50.3 Å². The van der Waals surface area contributed by atoms with Crippen LogP contribution in [0.25, 0.3) is 21.8 Å². The van der Waals surface area contributed by atoms with Gasteiger partial charge in [0.1, 0.15) is 12.1 Å². The zero-order valence-electron chi connectivity index (χ0n) is 23.8. The number of fused-ring (bicyclic) bond motifs is 2. The second kappa shape index (κ2) is 13.0. The van der Waals surface area contributed by atoms with Crippen LogP contribution in [0.1, 0.15) is 37.3 Å². The summed E-state index contributed by atoms with van der Waals surface area (Å²) in [6.45, 7) is 2.65. The van der Waals surface area contributed by atoms with Crippen LogP contribution < -0.4 is 16.3 Å². The second-order valence-electron chi connectivity index (χ2n) is 11.2. The number of alkyl carbamates (subject to hydrolysis) is 1.